The fourth-order valence-electron chi connectivity index (χ4n) is 3.20. The first-order valence-corrected chi connectivity index (χ1v) is 9.57. The van der Waals surface area contributed by atoms with Crippen molar-refractivity contribution in [1.29, 1.82) is 0 Å². The summed E-state index contributed by atoms with van der Waals surface area (Å²) in [4.78, 5) is 13.9. The first kappa shape index (κ1) is 18.2. The van der Waals surface area contributed by atoms with Crippen LogP contribution in [0.5, 0.6) is 0 Å². The number of nitrogens with zero attached hydrogens (tertiary/aromatic N) is 2. The average Bonchev–Trinajstić information content (AvgIpc) is 3.04. The van der Waals surface area contributed by atoms with Gasteiger partial charge in [-0.2, -0.15) is 4.31 Å². The molecule has 9 heteroatoms. The molecule has 0 bridgehead atoms. The Morgan fingerprint density at radius 2 is 1.84 bits per heavy atom. The molecule has 6 nitrogen and oxygen atoms in total. The SMILES string of the molecule is C[C@@]1(C(=O)N2CCN(S(=O)(=O)c3ccc(F)c(F)c3)CC2)CCCO1. The second-order valence-corrected chi connectivity index (χ2v) is 8.39. The van der Waals surface area contributed by atoms with Crippen LogP contribution in [-0.4, -0.2) is 61.9 Å². The monoisotopic (exact) mass is 374 g/mol. The van der Waals surface area contributed by atoms with Gasteiger partial charge < -0.3 is 9.64 Å². The number of hydrogen-bond acceptors (Lipinski definition) is 4. The Labute approximate surface area is 145 Å². The van der Waals surface area contributed by atoms with Crippen LogP contribution >= 0.6 is 0 Å². The highest BCUT2D eigenvalue weighted by atomic mass is 32.2. The first-order valence-electron chi connectivity index (χ1n) is 8.13. The van der Waals surface area contributed by atoms with Crippen LogP contribution in [0, 0.1) is 11.6 Å². The summed E-state index contributed by atoms with van der Waals surface area (Å²) < 4.78 is 58.2. The van der Waals surface area contributed by atoms with Crippen LogP contribution in [0.2, 0.25) is 0 Å². The quantitative estimate of drug-likeness (QED) is 0.802. The predicted octanol–water partition coefficient (Wildman–Crippen LogP) is 1.37. The molecular formula is C16H20F2N2O4S. The van der Waals surface area contributed by atoms with Gasteiger partial charge in [0, 0.05) is 32.8 Å². The molecule has 0 spiro atoms. The Kier molecular flexibility index (Phi) is 4.82. The van der Waals surface area contributed by atoms with Gasteiger partial charge in [0.15, 0.2) is 11.6 Å². The Morgan fingerprint density at radius 1 is 1.16 bits per heavy atom. The number of amides is 1. The standard InChI is InChI=1S/C16H20F2N2O4S/c1-16(5-2-10-24-16)15(21)19-6-8-20(9-7-19)25(22,23)12-3-4-13(17)14(18)11-12/h3-4,11H,2,5-10H2,1H3/t16-/m0/s1. The molecule has 0 saturated carbocycles. The molecule has 2 saturated heterocycles. The molecule has 2 fully saturated rings. The Bertz CT molecular complexity index is 770. The van der Waals surface area contributed by atoms with E-state index in [2.05, 4.69) is 0 Å². The number of halogens is 2. The molecule has 2 aliphatic heterocycles. The van der Waals surface area contributed by atoms with Gasteiger partial charge in [0.05, 0.1) is 4.90 Å². The highest BCUT2D eigenvalue weighted by Gasteiger charge is 2.42. The van der Waals surface area contributed by atoms with Crippen LogP contribution in [-0.2, 0) is 19.6 Å². The van der Waals surface area contributed by atoms with Crippen LogP contribution < -0.4 is 0 Å². The van der Waals surface area contributed by atoms with E-state index in [4.69, 9.17) is 4.74 Å². The third-order valence-corrected chi connectivity index (χ3v) is 6.62. The maximum atomic E-state index is 13.3. The molecule has 0 radical (unpaired) electrons. The molecule has 1 amide bonds. The zero-order chi connectivity index (χ0) is 18.2. The summed E-state index contributed by atoms with van der Waals surface area (Å²) in [7, 11) is -3.93. The highest BCUT2D eigenvalue weighted by molar-refractivity contribution is 7.89. The minimum atomic E-state index is -3.93. The van der Waals surface area contributed by atoms with Crippen molar-refractivity contribution in [3.63, 3.8) is 0 Å². The minimum absolute atomic E-state index is 0.100. The summed E-state index contributed by atoms with van der Waals surface area (Å²) in [6, 6.07) is 2.51. The summed E-state index contributed by atoms with van der Waals surface area (Å²) in [6.07, 6.45) is 1.48. The topological polar surface area (TPSA) is 66.9 Å². The fourth-order valence-corrected chi connectivity index (χ4v) is 4.63. The molecule has 0 N–H and O–H groups in total. The van der Waals surface area contributed by atoms with E-state index >= 15 is 0 Å². The number of sulfonamides is 1. The molecule has 0 unspecified atom stereocenters. The van der Waals surface area contributed by atoms with Gasteiger partial charge >= 0.3 is 0 Å². The molecule has 1 aromatic rings. The Hall–Kier alpha value is -1.58. The number of piperazine rings is 1. The van der Waals surface area contributed by atoms with Crippen molar-refractivity contribution in [3.05, 3.63) is 29.8 Å². The smallest absolute Gasteiger partial charge is 0.254 e. The lowest BCUT2D eigenvalue weighted by atomic mass is 10.0. The van der Waals surface area contributed by atoms with Crippen molar-refractivity contribution in [2.24, 2.45) is 0 Å². The fraction of sp³-hybridized carbons (Fsp3) is 0.562. The van der Waals surface area contributed by atoms with Crippen molar-refractivity contribution < 1.29 is 26.7 Å². The predicted molar refractivity (Wildman–Crippen MR) is 85.3 cm³/mol. The normalized spacial score (nSPS) is 25.3. The second-order valence-electron chi connectivity index (χ2n) is 6.46. The molecule has 3 rings (SSSR count). The van der Waals surface area contributed by atoms with Gasteiger partial charge in [-0.3, -0.25) is 4.79 Å². The van der Waals surface area contributed by atoms with Gasteiger partial charge in [-0.15, -0.1) is 0 Å². The lowest BCUT2D eigenvalue weighted by Gasteiger charge is -2.37. The van der Waals surface area contributed by atoms with Crippen molar-refractivity contribution in [3.8, 4) is 0 Å². The lowest BCUT2D eigenvalue weighted by Crippen LogP contribution is -2.55. The van der Waals surface area contributed by atoms with Gasteiger partial charge in [-0.1, -0.05) is 0 Å². The number of benzene rings is 1. The van der Waals surface area contributed by atoms with Gasteiger partial charge in [0.2, 0.25) is 10.0 Å². The van der Waals surface area contributed by atoms with Gasteiger partial charge in [-0.05, 0) is 38.0 Å². The van der Waals surface area contributed by atoms with Crippen molar-refractivity contribution >= 4 is 15.9 Å². The number of carbonyl (C=O) groups excluding carboxylic acids is 1. The molecule has 138 valence electrons. The second kappa shape index (κ2) is 6.62. The Balaban J connectivity index is 1.69. The number of carbonyl (C=O) groups is 1. The maximum Gasteiger partial charge on any atom is 0.254 e. The van der Waals surface area contributed by atoms with Crippen LogP contribution in [0.3, 0.4) is 0 Å². The van der Waals surface area contributed by atoms with Gasteiger partial charge in [-0.25, -0.2) is 17.2 Å². The van der Waals surface area contributed by atoms with Crippen molar-refractivity contribution in [2.75, 3.05) is 32.8 Å². The van der Waals surface area contributed by atoms with E-state index in [9.17, 15) is 22.0 Å². The van der Waals surface area contributed by atoms with E-state index < -0.39 is 27.3 Å². The molecule has 1 atom stereocenters. The molecule has 25 heavy (non-hydrogen) atoms. The molecular weight excluding hydrogens is 354 g/mol. The summed E-state index contributed by atoms with van der Waals surface area (Å²) in [5.41, 5.74) is -0.832. The highest BCUT2D eigenvalue weighted by Crippen LogP contribution is 2.28. The summed E-state index contributed by atoms with van der Waals surface area (Å²) in [5.74, 6) is -2.43. The zero-order valence-corrected chi connectivity index (χ0v) is 14.7. The van der Waals surface area contributed by atoms with Crippen LogP contribution in [0.15, 0.2) is 23.1 Å². The minimum Gasteiger partial charge on any atom is -0.365 e. The third kappa shape index (κ3) is 3.40. The summed E-state index contributed by atoms with van der Waals surface area (Å²) >= 11 is 0. The largest absolute Gasteiger partial charge is 0.365 e. The number of rotatable bonds is 3. The van der Waals surface area contributed by atoms with E-state index in [-0.39, 0.29) is 37.0 Å². The lowest BCUT2D eigenvalue weighted by molar-refractivity contribution is -0.152. The van der Waals surface area contributed by atoms with Crippen LogP contribution in [0.25, 0.3) is 0 Å². The molecule has 0 aliphatic carbocycles. The van der Waals surface area contributed by atoms with Gasteiger partial charge in [0.25, 0.3) is 5.91 Å². The van der Waals surface area contributed by atoms with E-state index in [1.54, 1.807) is 11.8 Å². The number of hydrogen-bond donors (Lipinski definition) is 0. The number of ether oxygens (including phenoxy) is 1. The summed E-state index contributed by atoms with van der Waals surface area (Å²) in [6.45, 7) is 2.98. The van der Waals surface area contributed by atoms with Crippen LogP contribution in [0.4, 0.5) is 8.78 Å². The molecule has 0 aromatic heterocycles. The van der Waals surface area contributed by atoms with Crippen molar-refractivity contribution in [2.45, 2.75) is 30.3 Å². The molecule has 2 heterocycles. The summed E-state index contributed by atoms with van der Waals surface area (Å²) in [5, 5.41) is 0. The average molecular weight is 374 g/mol. The van der Waals surface area contributed by atoms with Gasteiger partial charge in [0.1, 0.15) is 5.60 Å². The zero-order valence-electron chi connectivity index (χ0n) is 13.9. The molecule has 2 aliphatic rings. The molecule has 1 aromatic carbocycles. The Morgan fingerprint density at radius 3 is 2.40 bits per heavy atom. The maximum absolute atomic E-state index is 13.3. The first-order chi connectivity index (χ1) is 11.7. The van der Waals surface area contributed by atoms with E-state index in [0.29, 0.717) is 19.1 Å². The third-order valence-electron chi connectivity index (χ3n) is 4.73. The van der Waals surface area contributed by atoms with E-state index in [1.807, 2.05) is 0 Å². The van der Waals surface area contributed by atoms with Crippen LogP contribution in [0.1, 0.15) is 19.8 Å². The van der Waals surface area contributed by atoms with Crippen molar-refractivity contribution in [1.82, 2.24) is 9.21 Å². The van der Waals surface area contributed by atoms with E-state index in [1.165, 1.54) is 4.31 Å². The van der Waals surface area contributed by atoms with E-state index in [0.717, 1.165) is 18.6 Å².